The lowest BCUT2D eigenvalue weighted by Gasteiger charge is -2.38. The van der Waals surface area contributed by atoms with E-state index in [1.165, 1.54) is 6.07 Å². The molecule has 1 aliphatic carbocycles. The third-order valence-electron chi connectivity index (χ3n) is 6.43. The largest absolute Gasteiger partial charge is 0.440 e. The molecule has 32 heavy (non-hydrogen) atoms. The van der Waals surface area contributed by atoms with Gasteiger partial charge in [-0.2, -0.15) is 0 Å². The van der Waals surface area contributed by atoms with Crippen molar-refractivity contribution >= 4 is 22.9 Å². The van der Waals surface area contributed by atoms with Crippen molar-refractivity contribution in [1.29, 1.82) is 0 Å². The normalized spacial score (nSPS) is 25.5. The summed E-state index contributed by atoms with van der Waals surface area (Å²) in [5.74, 6) is -1.14. The van der Waals surface area contributed by atoms with Crippen LogP contribution in [-0.4, -0.2) is 55.7 Å². The van der Waals surface area contributed by atoms with E-state index in [1.807, 2.05) is 6.92 Å². The van der Waals surface area contributed by atoms with Crippen molar-refractivity contribution in [1.82, 2.24) is 24.8 Å². The Morgan fingerprint density at radius 1 is 1.34 bits per heavy atom. The first-order valence-corrected chi connectivity index (χ1v) is 10.4. The number of ether oxygens (including phenoxy) is 1. The molecule has 1 saturated heterocycles. The Balaban J connectivity index is 1.34. The Morgan fingerprint density at radius 2 is 2.19 bits per heavy atom. The van der Waals surface area contributed by atoms with Crippen LogP contribution in [0, 0.1) is 11.6 Å². The van der Waals surface area contributed by atoms with E-state index in [0.29, 0.717) is 23.0 Å². The second-order valence-corrected chi connectivity index (χ2v) is 8.30. The summed E-state index contributed by atoms with van der Waals surface area (Å²) in [6.45, 7) is 1.95. The fourth-order valence-corrected chi connectivity index (χ4v) is 4.50. The van der Waals surface area contributed by atoms with Gasteiger partial charge in [-0.05, 0) is 32.3 Å². The molecule has 1 spiro atoms. The number of fused-ring (bicyclic) bond motifs is 1. The van der Waals surface area contributed by atoms with E-state index >= 15 is 0 Å². The smallest absolute Gasteiger partial charge is 0.410 e. The number of likely N-dealkylation sites (N-methyl/N-ethyl adjacent to an activating group) is 1. The summed E-state index contributed by atoms with van der Waals surface area (Å²) in [5.41, 5.74) is 2.95. The summed E-state index contributed by atoms with van der Waals surface area (Å²) in [7, 11) is 1.72. The summed E-state index contributed by atoms with van der Waals surface area (Å²) in [6.07, 6.45) is 5.86. The van der Waals surface area contributed by atoms with Crippen LogP contribution in [0.25, 0.3) is 22.4 Å². The van der Waals surface area contributed by atoms with E-state index < -0.39 is 17.2 Å². The molecule has 3 atom stereocenters. The molecule has 9 nitrogen and oxygen atoms in total. The first-order chi connectivity index (χ1) is 15.4. The fraction of sp³-hybridized carbons (Fsp3) is 0.429. The van der Waals surface area contributed by atoms with Gasteiger partial charge in [0.15, 0.2) is 17.5 Å². The van der Waals surface area contributed by atoms with Gasteiger partial charge in [0, 0.05) is 30.6 Å². The number of amides is 1. The number of hydrogen-bond donors (Lipinski definition) is 2. The molecule has 0 bridgehead atoms. The van der Waals surface area contributed by atoms with Crippen LogP contribution in [0.15, 0.2) is 24.7 Å². The minimum Gasteiger partial charge on any atom is -0.440 e. The van der Waals surface area contributed by atoms with E-state index in [0.717, 1.165) is 31.7 Å². The van der Waals surface area contributed by atoms with Crippen molar-refractivity contribution in [2.24, 2.45) is 0 Å². The number of pyridine rings is 1. The van der Waals surface area contributed by atoms with Gasteiger partial charge in [0.1, 0.15) is 17.1 Å². The zero-order valence-corrected chi connectivity index (χ0v) is 17.6. The van der Waals surface area contributed by atoms with Gasteiger partial charge >= 0.3 is 6.09 Å². The number of aromatic nitrogens is 4. The highest BCUT2D eigenvalue weighted by Crippen LogP contribution is 2.42. The number of aromatic amines is 1. The number of rotatable bonds is 4. The van der Waals surface area contributed by atoms with Crippen LogP contribution in [0.4, 0.5) is 19.4 Å². The molecule has 1 saturated carbocycles. The lowest BCUT2D eigenvalue weighted by Crippen LogP contribution is -2.47. The standard InChI is InChI=1S/C21H22F2N6O3/c1-11-21(31-20(30)29(11)2)5-3-4-13(7-21)32-28-19-16(23)10-26-18(27-19)15-9-25-17-14(15)6-12(22)8-24-17/h6,8-11,13H,3-5,7H2,1-2H3,(H,24,25)(H,26,27,28)/t11-,13-,21-/m0/s1. The molecule has 1 aliphatic heterocycles. The highest BCUT2D eigenvalue weighted by molar-refractivity contribution is 5.91. The molecule has 2 aliphatic rings. The molecule has 3 aromatic heterocycles. The molecule has 168 valence electrons. The summed E-state index contributed by atoms with van der Waals surface area (Å²) >= 11 is 0. The monoisotopic (exact) mass is 444 g/mol. The van der Waals surface area contributed by atoms with Gasteiger partial charge < -0.3 is 14.6 Å². The molecule has 1 amide bonds. The maximum Gasteiger partial charge on any atom is 0.410 e. The Labute approximate surface area is 182 Å². The van der Waals surface area contributed by atoms with Gasteiger partial charge in [-0.3, -0.25) is 4.84 Å². The lowest BCUT2D eigenvalue weighted by atomic mass is 9.78. The van der Waals surface area contributed by atoms with E-state index in [2.05, 4.69) is 25.4 Å². The maximum absolute atomic E-state index is 14.4. The molecular weight excluding hydrogens is 422 g/mol. The first-order valence-electron chi connectivity index (χ1n) is 10.4. The van der Waals surface area contributed by atoms with Gasteiger partial charge in [-0.1, -0.05) is 0 Å². The van der Waals surface area contributed by atoms with Crippen LogP contribution < -0.4 is 5.48 Å². The van der Waals surface area contributed by atoms with Gasteiger partial charge in [0.05, 0.1) is 24.5 Å². The van der Waals surface area contributed by atoms with Gasteiger partial charge in [-0.15, -0.1) is 0 Å². The summed E-state index contributed by atoms with van der Waals surface area (Å²) < 4.78 is 33.7. The molecular formula is C21H22F2N6O3. The number of nitrogens with one attached hydrogen (secondary N) is 2. The topological polar surface area (TPSA) is 105 Å². The number of halogens is 2. The molecule has 4 heterocycles. The number of carbonyl (C=O) groups is 1. The molecule has 2 fully saturated rings. The van der Waals surface area contributed by atoms with Crippen molar-refractivity contribution in [3.63, 3.8) is 0 Å². The predicted octanol–water partition coefficient (Wildman–Crippen LogP) is 3.79. The number of carbonyl (C=O) groups excluding carboxylic acids is 1. The Bertz CT molecular complexity index is 1190. The van der Waals surface area contributed by atoms with Crippen molar-refractivity contribution in [3.05, 3.63) is 36.3 Å². The van der Waals surface area contributed by atoms with E-state index in [9.17, 15) is 13.6 Å². The average molecular weight is 444 g/mol. The number of nitrogens with zero attached hydrogens (tertiary/aromatic N) is 4. The Hall–Kier alpha value is -3.34. The predicted molar refractivity (Wildman–Crippen MR) is 110 cm³/mol. The van der Waals surface area contributed by atoms with E-state index in [4.69, 9.17) is 9.57 Å². The quantitative estimate of drug-likeness (QED) is 0.590. The molecule has 0 radical (unpaired) electrons. The third kappa shape index (κ3) is 3.42. The van der Waals surface area contributed by atoms with Crippen molar-refractivity contribution in [3.8, 4) is 11.4 Å². The zero-order valence-electron chi connectivity index (χ0n) is 17.6. The van der Waals surface area contributed by atoms with Crippen LogP contribution >= 0.6 is 0 Å². The summed E-state index contributed by atoms with van der Waals surface area (Å²) in [4.78, 5) is 34.5. The maximum atomic E-state index is 14.4. The van der Waals surface area contributed by atoms with Crippen LogP contribution in [0.1, 0.15) is 32.6 Å². The van der Waals surface area contributed by atoms with Crippen LogP contribution in [-0.2, 0) is 9.57 Å². The Morgan fingerprint density at radius 3 is 2.97 bits per heavy atom. The van der Waals surface area contributed by atoms with Crippen molar-refractivity contribution < 1.29 is 23.1 Å². The fourth-order valence-electron chi connectivity index (χ4n) is 4.50. The number of anilines is 1. The summed E-state index contributed by atoms with van der Waals surface area (Å²) in [6, 6.07) is 1.23. The molecule has 0 unspecified atom stereocenters. The summed E-state index contributed by atoms with van der Waals surface area (Å²) in [5, 5.41) is 0.485. The molecule has 0 aromatic carbocycles. The molecule has 11 heteroatoms. The highest BCUT2D eigenvalue weighted by atomic mass is 19.1. The second-order valence-electron chi connectivity index (χ2n) is 8.30. The lowest BCUT2D eigenvalue weighted by molar-refractivity contribution is -0.0550. The minimum absolute atomic E-state index is 0.0836. The SMILES string of the molecule is C[C@@H]1N(C)C(=O)O[C@]12CCC[C@H](ONc1nc(-c3c[nH]c4ncc(F)cc34)ncc1F)C2. The third-order valence-corrected chi connectivity index (χ3v) is 6.43. The van der Waals surface area contributed by atoms with Crippen molar-refractivity contribution in [2.75, 3.05) is 12.5 Å². The minimum atomic E-state index is -0.691. The van der Waals surface area contributed by atoms with Gasteiger partial charge in [0.25, 0.3) is 0 Å². The zero-order chi connectivity index (χ0) is 22.5. The van der Waals surface area contributed by atoms with Crippen molar-refractivity contribution in [2.45, 2.75) is 50.4 Å². The second kappa shape index (κ2) is 7.66. The average Bonchev–Trinajstić information content (AvgIpc) is 3.28. The number of H-pyrrole nitrogens is 1. The van der Waals surface area contributed by atoms with E-state index in [1.54, 1.807) is 18.1 Å². The van der Waals surface area contributed by atoms with Crippen LogP contribution in [0.2, 0.25) is 0 Å². The Kier molecular flexibility index (Phi) is 4.92. The molecule has 5 rings (SSSR count). The molecule has 2 N–H and O–H groups in total. The number of hydrogen-bond acceptors (Lipinski definition) is 7. The van der Waals surface area contributed by atoms with Crippen LogP contribution in [0.3, 0.4) is 0 Å². The highest BCUT2D eigenvalue weighted by Gasteiger charge is 2.52. The van der Waals surface area contributed by atoms with Crippen LogP contribution in [0.5, 0.6) is 0 Å². The first kappa shape index (κ1) is 20.6. The van der Waals surface area contributed by atoms with Gasteiger partial charge in [0.2, 0.25) is 0 Å². The van der Waals surface area contributed by atoms with Gasteiger partial charge in [-0.25, -0.2) is 34.0 Å². The molecule has 3 aromatic rings. The van der Waals surface area contributed by atoms with E-state index in [-0.39, 0.29) is 29.9 Å².